The van der Waals surface area contributed by atoms with Crippen LogP contribution in [-0.2, 0) is 0 Å². The van der Waals surface area contributed by atoms with Crippen molar-refractivity contribution < 1.29 is 19.1 Å². The standard InChI is InChI=1S/C21H19N3O4/c1-27-18-13-17(24-21(26)15-8-10-22-11-9-15)19(28-2)12-16(18)23-20(25)14-6-4-3-5-7-14/h3-13H,1-2H3,(H,23,25)(H,24,26). The highest BCUT2D eigenvalue weighted by atomic mass is 16.5. The van der Waals surface area contributed by atoms with Crippen molar-refractivity contribution in [1.82, 2.24) is 4.98 Å². The molecule has 0 radical (unpaired) electrons. The Morgan fingerprint density at radius 3 is 1.68 bits per heavy atom. The lowest BCUT2D eigenvalue weighted by molar-refractivity contribution is 0.101. The Morgan fingerprint density at radius 1 is 0.750 bits per heavy atom. The smallest absolute Gasteiger partial charge is 0.255 e. The highest BCUT2D eigenvalue weighted by Crippen LogP contribution is 2.36. The predicted octanol–water partition coefficient (Wildman–Crippen LogP) is 3.60. The summed E-state index contributed by atoms with van der Waals surface area (Å²) in [7, 11) is 2.96. The first-order valence-corrected chi connectivity index (χ1v) is 8.46. The zero-order chi connectivity index (χ0) is 19.9. The number of pyridine rings is 1. The molecule has 142 valence electrons. The Kier molecular flexibility index (Phi) is 5.86. The summed E-state index contributed by atoms with van der Waals surface area (Å²) in [5.74, 6) is 0.167. The van der Waals surface area contributed by atoms with Crippen LogP contribution in [0.2, 0.25) is 0 Å². The van der Waals surface area contributed by atoms with E-state index < -0.39 is 0 Å². The first-order valence-electron chi connectivity index (χ1n) is 8.46. The number of hydrogen-bond acceptors (Lipinski definition) is 5. The molecule has 0 bridgehead atoms. The van der Waals surface area contributed by atoms with Gasteiger partial charge >= 0.3 is 0 Å². The van der Waals surface area contributed by atoms with Crippen LogP contribution in [0, 0.1) is 0 Å². The lowest BCUT2D eigenvalue weighted by atomic mass is 10.2. The fourth-order valence-electron chi connectivity index (χ4n) is 2.57. The van der Waals surface area contributed by atoms with E-state index in [1.165, 1.54) is 26.6 Å². The maximum absolute atomic E-state index is 12.4. The molecule has 28 heavy (non-hydrogen) atoms. The topological polar surface area (TPSA) is 89.6 Å². The van der Waals surface area contributed by atoms with Gasteiger partial charge in [-0.3, -0.25) is 14.6 Å². The van der Waals surface area contributed by atoms with E-state index in [4.69, 9.17) is 9.47 Å². The molecule has 1 heterocycles. The van der Waals surface area contributed by atoms with Gasteiger partial charge in [0.1, 0.15) is 11.5 Å². The van der Waals surface area contributed by atoms with Gasteiger partial charge in [0.25, 0.3) is 11.8 Å². The number of nitrogens with zero attached hydrogens (tertiary/aromatic N) is 1. The van der Waals surface area contributed by atoms with Crippen molar-refractivity contribution in [3.05, 3.63) is 78.1 Å². The fraction of sp³-hybridized carbons (Fsp3) is 0.0952. The second-order valence-electron chi connectivity index (χ2n) is 5.76. The number of methoxy groups -OCH3 is 2. The van der Waals surface area contributed by atoms with Crippen molar-refractivity contribution in [2.75, 3.05) is 24.9 Å². The Bertz CT molecular complexity index is 894. The number of anilines is 2. The van der Waals surface area contributed by atoms with Gasteiger partial charge in [-0.05, 0) is 24.3 Å². The SMILES string of the molecule is COc1cc(NC(=O)c2ccncc2)c(OC)cc1NC(=O)c1ccccc1. The van der Waals surface area contributed by atoms with Crippen molar-refractivity contribution in [2.45, 2.75) is 0 Å². The largest absolute Gasteiger partial charge is 0.494 e. The molecule has 1 aromatic heterocycles. The molecule has 0 atom stereocenters. The van der Waals surface area contributed by atoms with Crippen LogP contribution < -0.4 is 20.1 Å². The van der Waals surface area contributed by atoms with E-state index in [1.807, 2.05) is 6.07 Å². The minimum absolute atomic E-state index is 0.283. The molecule has 2 aromatic carbocycles. The summed E-state index contributed by atoms with van der Waals surface area (Å²) in [5.41, 5.74) is 1.81. The highest BCUT2D eigenvalue weighted by Gasteiger charge is 2.16. The van der Waals surface area contributed by atoms with Crippen molar-refractivity contribution >= 4 is 23.2 Å². The molecular weight excluding hydrogens is 358 g/mol. The summed E-state index contributed by atoms with van der Waals surface area (Å²) in [6.45, 7) is 0. The minimum atomic E-state index is -0.316. The number of carbonyl (C=O) groups is 2. The second kappa shape index (κ2) is 8.68. The number of hydrogen-bond donors (Lipinski definition) is 2. The molecule has 0 fully saturated rings. The van der Waals surface area contributed by atoms with Crippen LogP contribution >= 0.6 is 0 Å². The second-order valence-corrected chi connectivity index (χ2v) is 5.76. The van der Waals surface area contributed by atoms with Gasteiger partial charge < -0.3 is 20.1 Å². The van der Waals surface area contributed by atoms with Crippen molar-refractivity contribution in [3.63, 3.8) is 0 Å². The van der Waals surface area contributed by atoms with Crippen LogP contribution in [0.4, 0.5) is 11.4 Å². The van der Waals surface area contributed by atoms with Gasteiger partial charge in [0.15, 0.2) is 0 Å². The Morgan fingerprint density at radius 2 is 1.21 bits per heavy atom. The molecule has 3 rings (SSSR count). The van der Waals surface area contributed by atoms with Gasteiger partial charge in [-0.1, -0.05) is 18.2 Å². The van der Waals surface area contributed by atoms with E-state index in [2.05, 4.69) is 15.6 Å². The molecule has 0 saturated carbocycles. The zero-order valence-electron chi connectivity index (χ0n) is 15.4. The lowest BCUT2D eigenvalue weighted by Crippen LogP contribution is -2.15. The third-order valence-electron chi connectivity index (χ3n) is 4.00. The summed E-state index contributed by atoms with van der Waals surface area (Å²) in [6.07, 6.45) is 3.07. The number of ether oxygens (including phenoxy) is 2. The van der Waals surface area contributed by atoms with Crippen LogP contribution in [0.1, 0.15) is 20.7 Å². The van der Waals surface area contributed by atoms with E-state index in [1.54, 1.807) is 48.5 Å². The average Bonchev–Trinajstić information content (AvgIpc) is 2.75. The number of rotatable bonds is 6. The summed E-state index contributed by atoms with van der Waals surface area (Å²) < 4.78 is 10.8. The molecule has 2 N–H and O–H groups in total. The van der Waals surface area contributed by atoms with Gasteiger partial charge in [-0.2, -0.15) is 0 Å². The minimum Gasteiger partial charge on any atom is -0.494 e. The summed E-state index contributed by atoms with van der Waals surface area (Å²) in [4.78, 5) is 28.8. The molecule has 0 aliphatic carbocycles. The molecule has 0 saturated heterocycles. The van der Waals surface area contributed by atoms with Crippen LogP contribution in [-0.4, -0.2) is 31.0 Å². The summed E-state index contributed by atoms with van der Waals surface area (Å²) in [5, 5.41) is 5.58. The number of amides is 2. The van der Waals surface area contributed by atoms with E-state index >= 15 is 0 Å². The summed E-state index contributed by atoms with van der Waals surface area (Å²) in [6, 6.07) is 15.2. The van der Waals surface area contributed by atoms with Gasteiger partial charge in [-0.25, -0.2) is 0 Å². The van der Waals surface area contributed by atoms with Crippen molar-refractivity contribution in [1.29, 1.82) is 0 Å². The molecule has 0 unspecified atom stereocenters. The maximum atomic E-state index is 12.4. The normalized spacial score (nSPS) is 10.1. The van der Waals surface area contributed by atoms with Crippen molar-refractivity contribution in [3.8, 4) is 11.5 Å². The first kappa shape index (κ1) is 18.9. The van der Waals surface area contributed by atoms with Crippen molar-refractivity contribution in [2.24, 2.45) is 0 Å². The quantitative estimate of drug-likeness (QED) is 0.685. The fourth-order valence-corrected chi connectivity index (χ4v) is 2.57. The number of nitrogens with one attached hydrogen (secondary N) is 2. The van der Waals surface area contributed by atoms with E-state index in [9.17, 15) is 9.59 Å². The monoisotopic (exact) mass is 377 g/mol. The number of carbonyl (C=O) groups excluding carboxylic acids is 2. The lowest BCUT2D eigenvalue weighted by Gasteiger charge is -2.16. The van der Waals surface area contributed by atoms with Crippen LogP contribution in [0.3, 0.4) is 0 Å². The van der Waals surface area contributed by atoms with Crippen LogP contribution in [0.15, 0.2) is 67.0 Å². The average molecular weight is 377 g/mol. The Hall–Kier alpha value is -3.87. The third kappa shape index (κ3) is 4.27. The first-order chi connectivity index (χ1) is 13.6. The van der Waals surface area contributed by atoms with E-state index in [0.29, 0.717) is 34.0 Å². The number of aromatic nitrogens is 1. The van der Waals surface area contributed by atoms with Gasteiger partial charge in [-0.15, -0.1) is 0 Å². The number of benzene rings is 2. The molecule has 0 aliphatic rings. The third-order valence-corrected chi connectivity index (χ3v) is 4.00. The maximum Gasteiger partial charge on any atom is 0.255 e. The van der Waals surface area contributed by atoms with E-state index in [-0.39, 0.29) is 11.8 Å². The van der Waals surface area contributed by atoms with Crippen LogP contribution in [0.5, 0.6) is 11.5 Å². The predicted molar refractivity (Wildman–Crippen MR) is 106 cm³/mol. The Labute approximate surface area is 162 Å². The molecule has 7 nitrogen and oxygen atoms in total. The van der Waals surface area contributed by atoms with Gasteiger partial charge in [0.05, 0.1) is 25.6 Å². The zero-order valence-corrected chi connectivity index (χ0v) is 15.4. The highest BCUT2D eigenvalue weighted by molar-refractivity contribution is 6.07. The molecule has 3 aromatic rings. The molecule has 2 amide bonds. The molecular formula is C21H19N3O4. The molecule has 0 aliphatic heterocycles. The summed E-state index contributed by atoms with van der Waals surface area (Å²) >= 11 is 0. The van der Waals surface area contributed by atoms with Crippen LogP contribution in [0.25, 0.3) is 0 Å². The Balaban J connectivity index is 1.87. The molecule has 7 heteroatoms. The van der Waals surface area contributed by atoms with Gasteiger partial charge in [0, 0.05) is 35.7 Å². The van der Waals surface area contributed by atoms with E-state index in [0.717, 1.165) is 0 Å². The molecule has 0 spiro atoms. The van der Waals surface area contributed by atoms with Gasteiger partial charge in [0.2, 0.25) is 0 Å².